The van der Waals surface area contributed by atoms with Crippen LogP contribution >= 0.6 is 0 Å². The molecule has 2 aliphatic rings. The summed E-state index contributed by atoms with van der Waals surface area (Å²) in [5.41, 5.74) is 2.58. The van der Waals surface area contributed by atoms with E-state index in [-0.39, 0.29) is 17.6 Å². The van der Waals surface area contributed by atoms with Crippen molar-refractivity contribution < 1.29 is 14.3 Å². The fourth-order valence-electron chi connectivity index (χ4n) is 4.47. The molecule has 160 valence electrons. The minimum atomic E-state index is -0.365. The molecule has 2 aromatic rings. The lowest BCUT2D eigenvalue weighted by atomic mass is 9.89. The van der Waals surface area contributed by atoms with Crippen LogP contribution in [0.1, 0.15) is 67.1 Å². The third kappa shape index (κ3) is 4.78. The zero-order valence-electron chi connectivity index (χ0n) is 18.2. The summed E-state index contributed by atoms with van der Waals surface area (Å²) in [7, 11) is 1.64. The molecule has 1 fully saturated rings. The average Bonchev–Trinajstić information content (AvgIpc) is 2.73. The molecule has 0 bridgehead atoms. The van der Waals surface area contributed by atoms with Gasteiger partial charge in [0.1, 0.15) is 17.1 Å². The highest BCUT2D eigenvalue weighted by molar-refractivity contribution is 5.94. The number of nitrogens with zero attached hydrogens (tertiary/aromatic N) is 1. The van der Waals surface area contributed by atoms with Crippen LogP contribution in [-0.4, -0.2) is 36.6 Å². The Labute approximate surface area is 179 Å². The molecule has 30 heavy (non-hydrogen) atoms. The quantitative estimate of drug-likeness (QED) is 0.778. The summed E-state index contributed by atoms with van der Waals surface area (Å²) in [6.45, 7) is 7.40. The van der Waals surface area contributed by atoms with E-state index in [0.717, 1.165) is 23.6 Å². The van der Waals surface area contributed by atoms with Gasteiger partial charge in [-0.3, -0.25) is 9.69 Å². The lowest BCUT2D eigenvalue weighted by Crippen LogP contribution is -2.41. The highest BCUT2D eigenvalue weighted by atomic mass is 16.5. The summed E-state index contributed by atoms with van der Waals surface area (Å²) in [4.78, 5) is 15.5. The predicted octanol–water partition coefficient (Wildman–Crippen LogP) is 4.71. The van der Waals surface area contributed by atoms with Crippen LogP contribution in [0.4, 0.5) is 0 Å². The molecule has 5 nitrogen and oxygen atoms in total. The first-order chi connectivity index (χ1) is 14.4. The largest absolute Gasteiger partial charge is 0.497 e. The maximum atomic E-state index is 13.0. The number of rotatable bonds is 5. The van der Waals surface area contributed by atoms with Crippen molar-refractivity contribution in [3.8, 4) is 11.5 Å². The second-order valence-corrected chi connectivity index (χ2v) is 9.03. The molecule has 1 amide bonds. The van der Waals surface area contributed by atoms with Crippen molar-refractivity contribution in [3.05, 3.63) is 59.2 Å². The summed E-state index contributed by atoms with van der Waals surface area (Å²) in [6, 6.07) is 13.7. The van der Waals surface area contributed by atoms with Gasteiger partial charge in [0.2, 0.25) is 0 Å². The summed E-state index contributed by atoms with van der Waals surface area (Å²) in [5.74, 6) is 1.47. The number of benzene rings is 2. The van der Waals surface area contributed by atoms with Gasteiger partial charge < -0.3 is 14.8 Å². The topological polar surface area (TPSA) is 50.8 Å². The standard InChI is InChI=1S/C25H32N2O3/c1-25(2)16-22(21-12-11-20(29-3)15-23(21)30-25)26-24(28)19-9-7-18(8-10-19)17-27-13-5-4-6-14-27/h7-12,15,22H,4-6,13-14,16-17H2,1-3H3,(H,26,28)/t22-/m1/s1. The van der Waals surface area contributed by atoms with Crippen molar-refractivity contribution in [1.29, 1.82) is 0 Å². The first kappa shape index (κ1) is 20.7. The van der Waals surface area contributed by atoms with E-state index in [0.29, 0.717) is 12.0 Å². The van der Waals surface area contributed by atoms with Crippen LogP contribution in [0.3, 0.4) is 0 Å². The van der Waals surface area contributed by atoms with E-state index in [1.54, 1.807) is 7.11 Å². The average molecular weight is 409 g/mol. The van der Waals surface area contributed by atoms with Crippen LogP contribution in [0.2, 0.25) is 0 Å². The number of hydrogen-bond donors (Lipinski definition) is 1. The molecule has 0 spiro atoms. The van der Waals surface area contributed by atoms with Crippen molar-refractivity contribution in [2.45, 2.75) is 57.7 Å². The number of amides is 1. The van der Waals surface area contributed by atoms with Gasteiger partial charge in [-0.15, -0.1) is 0 Å². The minimum Gasteiger partial charge on any atom is -0.497 e. The Morgan fingerprint density at radius 1 is 1.13 bits per heavy atom. The Kier molecular flexibility index (Phi) is 6.00. The van der Waals surface area contributed by atoms with E-state index >= 15 is 0 Å². The summed E-state index contributed by atoms with van der Waals surface area (Å²) in [5, 5.41) is 3.22. The zero-order chi connectivity index (χ0) is 21.1. The molecule has 5 heteroatoms. The zero-order valence-corrected chi connectivity index (χ0v) is 18.2. The van der Waals surface area contributed by atoms with Gasteiger partial charge in [0.05, 0.1) is 13.2 Å². The molecule has 0 saturated carbocycles. The lowest BCUT2D eigenvalue weighted by Gasteiger charge is -2.38. The van der Waals surface area contributed by atoms with Gasteiger partial charge in [-0.1, -0.05) is 18.6 Å². The number of nitrogens with one attached hydrogen (secondary N) is 1. The molecular weight excluding hydrogens is 376 g/mol. The normalized spacial score (nSPS) is 20.7. The molecule has 1 saturated heterocycles. The smallest absolute Gasteiger partial charge is 0.251 e. The van der Waals surface area contributed by atoms with E-state index < -0.39 is 0 Å². The Morgan fingerprint density at radius 3 is 2.57 bits per heavy atom. The fourth-order valence-corrected chi connectivity index (χ4v) is 4.47. The number of methoxy groups -OCH3 is 1. The van der Waals surface area contributed by atoms with Crippen LogP contribution in [-0.2, 0) is 6.54 Å². The second kappa shape index (κ2) is 8.68. The van der Waals surface area contributed by atoms with Crippen LogP contribution in [0.15, 0.2) is 42.5 Å². The molecule has 2 aliphatic heterocycles. The van der Waals surface area contributed by atoms with Crippen LogP contribution in [0, 0.1) is 0 Å². The Balaban J connectivity index is 1.45. The van der Waals surface area contributed by atoms with Crippen molar-refractivity contribution in [1.82, 2.24) is 10.2 Å². The molecular formula is C25H32N2O3. The number of carbonyl (C=O) groups is 1. The number of likely N-dealkylation sites (tertiary alicyclic amines) is 1. The molecule has 0 aromatic heterocycles. The van der Waals surface area contributed by atoms with Crippen LogP contribution in [0.5, 0.6) is 11.5 Å². The van der Waals surface area contributed by atoms with Crippen molar-refractivity contribution in [3.63, 3.8) is 0 Å². The summed E-state index contributed by atoms with van der Waals surface area (Å²) in [6.07, 6.45) is 4.63. The Morgan fingerprint density at radius 2 is 1.87 bits per heavy atom. The molecule has 1 N–H and O–H groups in total. The van der Waals surface area contributed by atoms with Crippen molar-refractivity contribution in [2.24, 2.45) is 0 Å². The molecule has 2 heterocycles. The number of ether oxygens (including phenoxy) is 2. The van der Waals surface area contributed by atoms with E-state index in [1.165, 1.54) is 37.9 Å². The molecule has 0 aliphatic carbocycles. The minimum absolute atomic E-state index is 0.0519. The van der Waals surface area contributed by atoms with Crippen molar-refractivity contribution >= 4 is 5.91 Å². The first-order valence-corrected chi connectivity index (χ1v) is 10.9. The van der Waals surface area contributed by atoms with Gasteiger partial charge in [-0.05, 0) is 69.6 Å². The monoisotopic (exact) mass is 408 g/mol. The number of piperidine rings is 1. The molecule has 4 rings (SSSR count). The van der Waals surface area contributed by atoms with Gasteiger partial charge in [0, 0.05) is 30.2 Å². The van der Waals surface area contributed by atoms with E-state index in [1.807, 2.05) is 44.2 Å². The van der Waals surface area contributed by atoms with Gasteiger partial charge in [-0.2, -0.15) is 0 Å². The predicted molar refractivity (Wildman–Crippen MR) is 118 cm³/mol. The number of fused-ring (bicyclic) bond motifs is 1. The highest BCUT2D eigenvalue weighted by Crippen LogP contribution is 2.41. The van der Waals surface area contributed by atoms with Crippen LogP contribution in [0.25, 0.3) is 0 Å². The molecule has 0 unspecified atom stereocenters. The third-order valence-electron chi connectivity index (χ3n) is 6.05. The molecule has 0 radical (unpaired) electrons. The number of hydrogen-bond acceptors (Lipinski definition) is 4. The Bertz CT molecular complexity index is 886. The molecule has 1 atom stereocenters. The summed E-state index contributed by atoms with van der Waals surface area (Å²) >= 11 is 0. The van der Waals surface area contributed by atoms with Crippen LogP contribution < -0.4 is 14.8 Å². The van der Waals surface area contributed by atoms with Crippen molar-refractivity contribution in [2.75, 3.05) is 20.2 Å². The van der Waals surface area contributed by atoms with Gasteiger partial charge in [0.25, 0.3) is 5.91 Å². The lowest BCUT2D eigenvalue weighted by molar-refractivity contribution is 0.0617. The van der Waals surface area contributed by atoms with Gasteiger partial charge in [0.15, 0.2) is 0 Å². The first-order valence-electron chi connectivity index (χ1n) is 10.9. The van der Waals surface area contributed by atoms with Gasteiger partial charge in [-0.25, -0.2) is 0 Å². The van der Waals surface area contributed by atoms with E-state index in [9.17, 15) is 4.79 Å². The maximum absolute atomic E-state index is 13.0. The fraction of sp³-hybridized carbons (Fsp3) is 0.480. The Hall–Kier alpha value is -2.53. The van der Waals surface area contributed by atoms with E-state index in [4.69, 9.17) is 9.47 Å². The molecule has 2 aromatic carbocycles. The van der Waals surface area contributed by atoms with Gasteiger partial charge >= 0.3 is 0 Å². The highest BCUT2D eigenvalue weighted by Gasteiger charge is 2.35. The van der Waals surface area contributed by atoms with E-state index in [2.05, 4.69) is 22.3 Å². The number of carbonyl (C=O) groups excluding carboxylic acids is 1. The maximum Gasteiger partial charge on any atom is 0.251 e. The SMILES string of the molecule is COc1ccc2c(c1)OC(C)(C)C[C@H]2NC(=O)c1ccc(CN2CCCCC2)cc1. The summed E-state index contributed by atoms with van der Waals surface area (Å²) < 4.78 is 11.5. The second-order valence-electron chi connectivity index (χ2n) is 9.03. The third-order valence-corrected chi connectivity index (χ3v) is 6.05.